The first-order valence-electron chi connectivity index (χ1n) is 10.9. The Balaban J connectivity index is 1.50. The van der Waals surface area contributed by atoms with Gasteiger partial charge in [-0.15, -0.1) is 0 Å². The van der Waals surface area contributed by atoms with E-state index in [1.54, 1.807) is 18.3 Å². The third-order valence-electron chi connectivity index (χ3n) is 6.24. The van der Waals surface area contributed by atoms with E-state index in [4.69, 9.17) is 5.73 Å². The Labute approximate surface area is 193 Å². The molecule has 1 aliphatic rings. The highest BCUT2D eigenvalue weighted by Crippen LogP contribution is 2.38. The van der Waals surface area contributed by atoms with Crippen molar-refractivity contribution < 1.29 is 18.0 Å². The van der Waals surface area contributed by atoms with Gasteiger partial charge in [-0.25, -0.2) is 23.1 Å². The van der Waals surface area contributed by atoms with E-state index in [0.29, 0.717) is 40.8 Å². The minimum absolute atomic E-state index is 0.0692. The molecule has 0 saturated carbocycles. The highest BCUT2D eigenvalue weighted by Gasteiger charge is 2.34. The number of rotatable bonds is 4. The first kappa shape index (κ1) is 21.9. The van der Waals surface area contributed by atoms with Crippen LogP contribution in [0.1, 0.15) is 37.8 Å². The number of anilines is 2. The van der Waals surface area contributed by atoms with Gasteiger partial charge in [0.1, 0.15) is 35.2 Å². The van der Waals surface area contributed by atoms with E-state index in [1.165, 1.54) is 17.3 Å². The Kier molecular flexibility index (Phi) is 5.27. The number of carbonyl (C=O) groups is 1. The fraction of sp³-hybridized carbons (Fsp3) is 0.240. The van der Waals surface area contributed by atoms with Crippen LogP contribution in [0.5, 0.6) is 0 Å². The molecular formula is C25H22F3N5O. The number of nitrogens with two attached hydrogens (primary N) is 1. The first-order valence-corrected chi connectivity index (χ1v) is 10.9. The normalized spacial score (nSPS) is 16.2. The number of hydrogen-bond acceptors (Lipinski definition) is 4. The zero-order chi connectivity index (χ0) is 24.1. The van der Waals surface area contributed by atoms with E-state index in [1.807, 2.05) is 18.4 Å². The third-order valence-corrected chi connectivity index (χ3v) is 6.24. The maximum Gasteiger partial charge on any atom is 0.234 e. The summed E-state index contributed by atoms with van der Waals surface area (Å²) in [6.45, 7) is 4.29. The smallest absolute Gasteiger partial charge is 0.234 e. The van der Waals surface area contributed by atoms with Crippen molar-refractivity contribution in [2.45, 2.75) is 32.2 Å². The molecule has 0 bridgehead atoms. The van der Waals surface area contributed by atoms with E-state index in [-0.39, 0.29) is 23.3 Å². The van der Waals surface area contributed by atoms with Crippen LogP contribution in [0.15, 0.2) is 48.9 Å². The molecule has 3 heterocycles. The highest BCUT2D eigenvalue weighted by molar-refractivity contribution is 6.02. The Morgan fingerprint density at radius 2 is 1.76 bits per heavy atom. The van der Waals surface area contributed by atoms with Crippen LogP contribution in [-0.2, 0) is 4.79 Å². The number of carbonyl (C=O) groups excluding carboxylic acids is 1. The second kappa shape index (κ2) is 8.16. The van der Waals surface area contributed by atoms with Gasteiger partial charge in [0.25, 0.3) is 0 Å². The van der Waals surface area contributed by atoms with E-state index in [9.17, 15) is 13.6 Å². The molecule has 4 aromatic rings. The Morgan fingerprint density at radius 1 is 1.03 bits per heavy atom. The van der Waals surface area contributed by atoms with Crippen LogP contribution in [-0.4, -0.2) is 27.0 Å². The molecule has 2 aromatic carbocycles. The van der Waals surface area contributed by atoms with Gasteiger partial charge in [0.05, 0.1) is 11.3 Å². The third kappa shape index (κ3) is 3.57. The molecule has 34 heavy (non-hydrogen) atoms. The van der Waals surface area contributed by atoms with Gasteiger partial charge in [-0.1, -0.05) is 0 Å². The maximum atomic E-state index is 15.4. The van der Waals surface area contributed by atoms with Crippen LogP contribution in [0, 0.1) is 17.5 Å². The molecule has 9 heteroatoms. The summed E-state index contributed by atoms with van der Waals surface area (Å²) in [5, 5.41) is 0.563. The van der Waals surface area contributed by atoms with Crippen molar-refractivity contribution >= 4 is 28.4 Å². The van der Waals surface area contributed by atoms with Crippen molar-refractivity contribution in [2.24, 2.45) is 0 Å². The maximum absolute atomic E-state index is 15.4. The second-order valence-electron chi connectivity index (χ2n) is 8.70. The predicted molar refractivity (Wildman–Crippen MR) is 124 cm³/mol. The lowest BCUT2D eigenvalue weighted by atomic mass is 9.97. The average molecular weight is 465 g/mol. The minimum Gasteiger partial charge on any atom is -0.383 e. The van der Waals surface area contributed by atoms with Gasteiger partial charge in [-0.3, -0.25) is 4.79 Å². The van der Waals surface area contributed by atoms with Crippen molar-refractivity contribution in [1.29, 1.82) is 0 Å². The van der Waals surface area contributed by atoms with Gasteiger partial charge in [0, 0.05) is 41.7 Å². The standard InChI is InChI=1S/C25H22F3N5O/c1-13(2)33-11-20(22-23(29)30-12-31-24(22)33)19-4-3-17(10-21(19)28)32-6-5-18(25(32)34)14-7-15(26)9-16(27)8-14/h3-4,7-13,18H,5-6H2,1-2H3,(H2,29,30,31). The van der Waals surface area contributed by atoms with Gasteiger partial charge < -0.3 is 15.2 Å². The summed E-state index contributed by atoms with van der Waals surface area (Å²) in [6.07, 6.45) is 3.55. The number of nitrogen functional groups attached to an aromatic ring is 1. The van der Waals surface area contributed by atoms with Gasteiger partial charge >= 0.3 is 0 Å². The Hall–Kier alpha value is -3.88. The van der Waals surface area contributed by atoms with Gasteiger partial charge in [-0.2, -0.15) is 0 Å². The van der Waals surface area contributed by atoms with E-state index in [2.05, 4.69) is 9.97 Å². The minimum atomic E-state index is -0.736. The van der Waals surface area contributed by atoms with E-state index >= 15 is 4.39 Å². The van der Waals surface area contributed by atoms with Crippen molar-refractivity contribution in [3.63, 3.8) is 0 Å². The molecule has 0 aliphatic carbocycles. The molecular weight excluding hydrogens is 443 g/mol. The van der Waals surface area contributed by atoms with Crippen LogP contribution < -0.4 is 10.6 Å². The van der Waals surface area contributed by atoms with Crippen LogP contribution >= 0.6 is 0 Å². The lowest BCUT2D eigenvalue weighted by Crippen LogP contribution is -2.26. The zero-order valence-electron chi connectivity index (χ0n) is 18.6. The number of hydrogen-bond donors (Lipinski definition) is 1. The molecule has 1 fully saturated rings. The highest BCUT2D eigenvalue weighted by atomic mass is 19.1. The summed E-state index contributed by atoms with van der Waals surface area (Å²) in [6, 6.07) is 7.71. The largest absolute Gasteiger partial charge is 0.383 e. The summed E-state index contributed by atoms with van der Waals surface area (Å²) >= 11 is 0. The van der Waals surface area contributed by atoms with Crippen molar-refractivity contribution in [1.82, 2.24) is 14.5 Å². The van der Waals surface area contributed by atoms with E-state index in [0.717, 1.165) is 18.2 Å². The molecule has 1 saturated heterocycles. The summed E-state index contributed by atoms with van der Waals surface area (Å²) in [4.78, 5) is 22.8. The lowest BCUT2D eigenvalue weighted by molar-refractivity contribution is -0.118. The zero-order valence-corrected chi connectivity index (χ0v) is 18.6. The van der Waals surface area contributed by atoms with Crippen molar-refractivity contribution in [3.05, 3.63) is 71.9 Å². The number of aromatic nitrogens is 3. The first-order chi connectivity index (χ1) is 16.2. The quantitative estimate of drug-likeness (QED) is 0.450. The molecule has 174 valence electrons. The monoisotopic (exact) mass is 465 g/mol. The molecule has 6 nitrogen and oxygen atoms in total. The SMILES string of the molecule is CC(C)n1cc(-c2ccc(N3CCC(c4cc(F)cc(F)c4)C3=O)cc2F)c2c(N)ncnc21. The topological polar surface area (TPSA) is 77.0 Å². The summed E-state index contributed by atoms with van der Waals surface area (Å²) in [7, 11) is 0. The predicted octanol–water partition coefficient (Wildman–Crippen LogP) is 5.20. The second-order valence-corrected chi connectivity index (χ2v) is 8.70. The molecule has 0 radical (unpaired) electrons. The van der Waals surface area contributed by atoms with Gasteiger partial charge in [0.2, 0.25) is 5.91 Å². The fourth-order valence-electron chi connectivity index (χ4n) is 4.62. The summed E-state index contributed by atoms with van der Waals surface area (Å²) in [5.41, 5.74) is 8.24. The summed E-state index contributed by atoms with van der Waals surface area (Å²) in [5.74, 6) is -2.76. The average Bonchev–Trinajstić information content (AvgIpc) is 3.35. The lowest BCUT2D eigenvalue weighted by Gasteiger charge is -2.18. The molecule has 1 atom stereocenters. The molecule has 1 aliphatic heterocycles. The van der Waals surface area contributed by atoms with Gasteiger partial charge in [0.15, 0.2) is 0 Å². The fourth-order valence-corrected chi connectivity index (χ4v) is 4.62. The number of halogens is 3. The summed E-state index contributed by atoms with van der Waals surface area (Å²) < 4.78 is 44.6. The number of amides is 1. The van der Waals surface area contributed by atoms with Crippen LogP contribution in [0.3, 0.4) is 0 Å². The van der Waals surface area contributed by atoms with Gasteiger partial charge in [-0.05, 0) is 56.2 Å². The number of fused-ring (bicyclic) bond motifs is 1. The number of benzene rings is 2. The van der Waals surface area contributed by atoms with Crippen molar-refractivity contribution in [3.8, 4) is 11.1 Å². The molecule has 5 rings (SSSR count). The van der Waals surface area contributed by atoms with Crippen LogP contribution in [0.4, 0.5) is 24.7 Å². The van der Waals surface area contributed by atoms with Crippen LogP contribution in [0.25, 0.3) is 22.2 Å². The number of nitrogens with zero attached hydrogens (tertiary/aromatic N) is 4. The van der Waals surface area contributed by atoms with Crippen LogP contribution in [0.2, 0.25) is 0 Å². The van der Waals surface area contributed by atoms with Crippen molar-refractivity contribution in [2.75, 3.05) is 17.2 Å². The molecule has 1 unspecified atom stereocenters. The Morgan fingerprint density at radius 3 is 2.44 bits per heavy atom. The molecule has 0 spiro atoms. The molecule has 2 N–H and O–H groups in total. The molecule has 2 aromatic heterocycles. The van der Waals surface area contributed by atoms with E-state index < -0.39 is 23.4 Å². The molecule has 1 amide bonds. The Bertz CT molecular complexity index is 1410.